The molecule has 5 rings (SSSR count). The Labute approximate surface area is 213 Å². The average Bonchev–Trinajstić information content (AvgIpc) is 2.83. The van der Waals surface area contributed by atoms with Gasteiger partial charge in [0, 0.05) is 12.1 Å². The van der Waals surface area contributed by atoms with Crippen molar-refractivity contribution in [1.29, 1.82) is 4.78 Å². The van der Waals surface area contributed by atoms with Gasteiger partial charge in [-0.05, 0) is 48.5 Å². The number of aliphatic hydroxyl groups is 1. The minimum absolute atomic E-state index is 0.0321. The van der Waals surface area contributed by atoms with Crippen LogP contribution in [0.4, 0.5) is 33.3 Å². The van der Waals surface area contributed by atoms with Crippen molar-refractivity contribution in [2.75, 3.05) is 18.1 Å². The number of hydrogen-bond acceptors (Lipinski definition) is 7. The smallest absolute Gasteiger partial charge is 0.453 e. The Morgan fingerprint density at radius 1 is 0.974 bits per heavy atom. The Kier molecular flexibility index (Phi) is 6.67. The fourth-order valence-corrected chi connectivity index (χ4v) is 5.66. The third-order valence-electron chi connectivity index (χ3n) is 6.01. The zero-order valence-corrected chi connectivity index (χ0v) is 20.1. The lowest BCUT2D eigenvalue weighted by atomic mass is 9.98. The molecule has 4 unspecified atom stereocenters. The Bertz CT molecular complexity index is 1400. The van der Waals surface area contributed by atoms with E-state index < -0.39 is 51.8 Å². The van der Waals surface area contributed by atoms with Crippen molar-refractivity contribution in [3.05, 3.63) is 72.3 Å². The molecule has 202 valence electrons. The first kappa shape index (κ1) is 26.2. The van der Waals surface area contributed by atoms with Crippen LogP contribution in [0.1, 0.15) is 0 Å². The number of alkyl halides is 3. The Morgan fingerprint density at radius 3 is 2.11 bits per heavy atom. The molecule has 0 aliphatic carbocycles. The van der Waals surface area contributed by atoms with E-state index in [0.29, 0.717) is 11.4 Å². The highest BCUT2D eigenvalue weighted by Crippen LogP contribution is 2.49. The summed E-state index contributed by atoms with van der Waals surface area (Å²) in [5.41, 5.74) is 0.733. The third-order valence-corrected chi connectivity index (χ3v) is 7.58. The fourth-order valence-electron chi connectivity index (χ4n) is 4.37. The zero-order valence-electron chi connectivity index (χ0n) is 19.2. The lowest BCUT2D eigenvalue weighted by molar-refractivity contribution is -0.274. The van der Waals surface area contributed by atoms with Crippen molar-refractivity contribution in [3.8, 4) is 17.2 Å². The first-order chi connectivity index (χ1) is 17.9. The topological polar surface area (TPSA) is 104 Å². The van der Waals surface area contributed by atoms with Crippen LogP contribution in [0.15, 0.2) is 65.6 Å². The maximum atomic E-state index is 13.9. The number of fused-ring (bicyclic) bond motifs is 2. The summed E-state index contributed by atoms with van der Waals surface area (Å²) in [5.74, 6) is -1.57. The van der Waals surface area contributed by atoms with Crippen molar-refractivity contribution in [2.45, 2.75) is 29.4 Å². The van der Waals surface area contributed by atoms with Gasteiger partial charge in [-0.1, -0.05) is 0 Å². The van der Waals surface area contributed by atoms with Crippen LogP contribution >= 0.6 is 0 Å². The fraction of sp³-hybridized carbons (Fsp3) is 0.250. The SMILES string of the molecule is N=S(=O)(NC1COCC(N2c3ccc(F)cc3Oc3cc(F)ccc32)C1O)c1ccc(OC(F)(F)F)cc1. The summed E-state index contributed by atoms with van der Waals surface area (Å²) < 4.78 is 104. The van der Waals surface area contributed by atoms with Crippen molar-refractivity contribution in [3.63, 3.8) is 0 Å². The second kappa shape index (κ2) is 9.69. The lowest BCUT2D eigenvalue weighted by Gasteiger charge is -2.44. The van der Waals surface area contributed by atoms with Crippen molar-refractivity contribution < 1.29 is 45.5 Å². The minimum Gasteiger partial charge on any atom is -0.453 e. The molecule has 2 heterocycles. The Hall–Kier alpha value is -3.46. The molecule has 0 amide bonds. The van der Waals surface area contributed by atoms with Crippen LogP contribution in [0, 0.1) is 16.4 Å². The van der Waals surface area contributed by atoms with E-state index in [2.05, 4.69) is 9.46 Å². The molecule has 3 aromatic carbocycles. The standard InChI is InChI=1S/C24H20F5N3O5S/c25-13-1-7-18-21(9-13)36-22-10-14(26)2-8-19(22)32(18)20-12-35-11-17(23(20)33)31-38(30,34)16-5-3-15(4-6-16)37-24(27,28)29/h1-10,17,20,23,33H,11-12H2,(H2,30,31,34). The number of aliphatic hydroxyl groups excluding tert-OH is 1. The van der Waals surface area contributed by atoms with Gasteiger partial charge >= 0.3 is 6.36 Å². The van der Waals surface area contributed by atoms with Crippen LogP contribution in [-0.4, -0.2) is 47.1 Å². The van der Waals surface area contributed by atoms with Crippen LogP contribution in [0.25, 0.3) is 0 Å². The van der Waals surface area contributed by atoms with Gasteiger partial charge in [-0.2, -0.15) is 0 Å². The first-order valence-corrected chi connectivity index (χ1v) is 12.7. The summed E-state index contributed by atoms with van der Waals surface area (Å²) in [6.45, 7) is -0.171. The number of hydrogen-bond donors (Lipinski definition) is 3. The van der Waals surface area contributed by atoms with Gasteiger partial charge in [-0.3, -0.25) is 0 Å². The molecular formula is C24H20F5N3O5S. The molecule has 3 aromatic rings. The van der Waals surface area contributed by atoms with Crippen molar-refractivity contribution >= 4 is 21.3 Å². The van der Waals surface area contributed by atoms with Gasteiger partial charge < -0.3 is 24.2 Å². The van der Waals surface area contributed by atoms with Crippen LogP contribution in [-0.2, 0) is 14.7 Å². The molecule has 0 radical (unpaired) electrons. The summed E-state index contributed by atoms with van der Waals surface area (Å²) >= 11 is 0. The van der Waals surface area contributed by atoms with E-state index >= 15 is 0 Å². The first-order valence-electron chi connectivity index (χ1n) is 11.2. The van der Waals surface area contributed by atoms with Crippen LogP contribution < -0.4 is 19.1 Å². The number of ether oxygens (including phenoxy) is 3. The third kappa shape index (κ3) is 5.25. The van der Waals surface area contributed by atoms with Crippen LogP contribution in [0.5, 0.6) is 17.2 Å². The Balaban J connectivity index is 1.42. The molecule has 1 fully saturated rings. The minimum atomic E-state index is -4.91. The van der Waals surface area contributed by atoms with Crippen LogP contribution in [0.2, 0.25) is 0 Å². The average molecular weight is 557 g/mol. The quantitative estimate of drug-likeness (QED) is 0.388. The zero-order chi connectivity index (χ0) is 27.2. The molecule has 1 saturated heterocycles. The summed E-state index contributed by atoms with van der Waals surface area (Å²) in [4.78, 5) is 1.45. The predicted molar refractivity (Wildman–Crippen MR) is 125 cm³/mol. The predicted octanol–water partition coefficient (Wildman–Crippen LogP) is 4.85. The number of anilines is 2. The van der Waals surface area contributed by atoms with E-state index in [0.717, 1.165) is 36.4 Å². The van der Waals surface area contributed by atoms with E-state index in [9.17, 15) is 31.3 Å². The highest BCUT2D eigenvalue weighted by molar-refractivity contribution is 7.90. The maximum absolute atomic E-state index is 13.9. The summed E-state index contributed by atoms with van der Waals surface area (Å²) in [5, 5.41) is 11.3. The molecule has 0 spiro atoms. The van der Waals surface area contributed by atoms with Gasteiger partial charge in [-0.25, -0.2) is 22.5 Å². The molecule has 4 atom stereocenters. The monoisotopic (exact) mass is 557 g/mol. The second-order valence-corrected chi connectivity index (χ2v) is 10.4. The van der Waals surface area contributed by atoms with E-state index in [-0.39, 0.29) is 29.6 Å². The van der Waals surface area contributed by atoms with Gasteiger partial charge in [0.15, 0.2) is 11.5 Å². The number of benzene rings is 3. The van der Waals surface area contributed by atoms with Crippen molar-refractivity contribution in [2.24, 2.45) is 0 Å². The second-order valence-electron chi connectivity index (χ2n) is 8.59. The van der Waals surface area contributed by atoms with Gasteiger partial charge in [0.05, 0.1) is 47.7 Å². The van der Waals surface area contributed by atoms with Gasteiger partial charge in [-0.15, -0.1) is 13.2 Å². The summed E-state index contributed by atoms with van der Waals surface area (Å²) in [6.07, 6.45) is -6.22. The molecular weight excluding hydrogens is 537 g/mol. The summed E-state index contributed by atoms with van der Waals surface area (Å²) in [6, 6.07) is 9.51. The van der Waals surface area contributed by atoms with E-state index in [1.807, 2.05) is 0 Å². The molecule has 2 aliphatic rings. The van der Waals surface area contributed by atoms with Crippen LogP contribution in [0.3, 0.4) is 0 Å². The molecule has 3 N–H and O–H groups in total. The number of halogens is 5. The van der Waals surface area contributed by atoms with E-state index in [1.54, 1.807) is 4.90 Å². The normalized spacial score (nSPS) is 22.6. The van der Waals surface area contributed by atoms with Gasteiger partial charge in [0.25, 0.3) is 0 Å². The Morgan fingerprint density at radius 2 is 1.55 bits per heavy atom. The van der Waals surface area contributed by atoms with E-state index in [1.165, 1.54) is 24.3 Å². The molecule has 0 bridgehead atoms. The number of nitrogens with zero attached hydrogens (tertiary/aromatic N) is 1. The molecule has 38 heavy (non-hydrogen) atoms. The highest BCUT2D eigenvalue weighted by Gasteiger charge is 2.41. The molecule has 2 aliphatic heterocycles. The number of rotatable bonds is 5. The summed E-state index contributed by atoms with van der Waals surface area (Å²) in [7, 11) is -3.81. The number of nitrogens with one attached hydrogen (secondary N) is 2. The molecule has 8 nitrogen and oxygen atoms in total. The molecule has 14 heteroatoms. The lowest BCUT2D eigenvalue weighted by Crippen LogP contribution is -2.60. The van der Waals surface area contributed by atoms with Gasteiger partial charge in [0.1, 0.15) is 27.3 Å². The molecule has 0 saturated carbocycles. The highest BCUT2D eigenvalue weighted by atomic mass is 32.2. The van der Waals surface area contributed by atoms with E-state index in [4.69, 9.17) is 14.3 Å². The van der Waals surface area contributed by atoms with Gasteiger partial charge in [0.2, 0.25) is 0 Å². The molecule has 0 aromatic heterocycles. The van der Waals surface area contributed by atoms with Crippen molar-refractivity contribution in [1.82, 2.24) is 4.72 Å². The maximum Gasteiger partial charge on any atom is 0.573 e. The largest absolute Gasteiger partial charge is 0.573 e.